The molecule has 4 aromatic rings. The molecule has 0 fully saturated rings. The first-order valence-corrected chi connectivity index (χ1v) is 7.52. The molecule has 0 atom stereocenters. The van der Waals surface area contributed by atoms with Crippen molar-refractivity contribution in [3.8, 4) is 11.5 Å². The van der Waals surface area contributed by atoms with Gasteiger partial charge in [-0.3, -0.25) is 4.68 Å². The van der Waals surface area contributed by atoms with Crippen molar-refractivity contribution in [1.29, 1.82) is 0 Å². The van der Waals surface area contributed by atoms with E-state index in [4.69, 9.17) is 4.74 Å². The minimum Gasteiger partial charge on any atom is -0.457 e. The molecule has 0 unspecified atom stereocenters. The number of anilines is 2. The summed E-state index contributed by atoms with van der Waals surface area (Å²) in [6.07, 6.45) is 3.28. The fraction of sp³-hybridized carbons (Fsp3) is 0.0556. The Labute approximate surface area is 138 Å². The minimum absolute atomic E-state index is 0.727. The number of benzene rings is 2. The number of para-hydroxylation sites is 1. The molecular formula is C18H15N5O. The van der Waals surface area contributed by atoms with Gasteiger partial charge in [-0.2, -0.15) is 5.10 Å². The van der Waals surface area contributed by atoms with Gasteiger partial charge in [0.15, 0.2) is 5.65 Å². The maximum absolute atomic E-state index is 5.79. The number of hydrogen-bond donors (Lipinski definition) is 1. The molecule has 0 aliphatic heterocycles. The Bertz CT molecular complexity index is 964. The Morgan fingerprint density at radius 2 is 1.67 bits per heavy atom. The number of fused-ring (bicyclic) bond motifs is 1. The number of nitrogens with zero attached hydrogens (tertiary/aromatic N) is 4. The molecule has 1 N–H and O–H groups in total. The second-order valence-electron chi connectivity index (χ2n) is 5.29. The van der Waals surface area contributed by atoms with Gasteiger partial charge in [-0.15, -0.1) is 0 Å². The highest BCUT2D eigenvalue weighted by Crippen LogP contribution is 2.26. The molecule has 6 heteroatoms. The van der Waals surface area contributed by atoms with E-state index >= 15 is 0 Å². The van der Waals surface area contributed by atoms with Crippen LogP contribution < -0.4 is 10.1 Å². The summed E-state index contributed by atoms with van der Waals surface area (Å²) in [7, 11) is 1.86. The topological polar surface area (TPSA) is 64.9 Å². The number of nitrogens with one attached hydrogen (secondary N) is 1. The zero-order chi connectivity index (χ0) is 16.4. The second-order valence-corrected chi connectivity index (χ2v) is 5.29. The third-order valence-corrected chi connectivity index (χ3v) is 3.63. The van der Waals surface area contributed by atoms with Gasteiger partial charge in [-0.1, -0.05) is 18.2 Å². The molecule has 4 rings (SSSR count). The van der Waals surface area contributed by atoms with Gasteiger partial charge in [0.25, 0.3) is 0 Å². The highest BCUT2D eigenvalue weighted by Gasteiger charge is 2.08. The lowest BCUT2D eigenvalue weighted by Gasteiger charge is -2.08. The molecule has 0 spiro atoms. The van der Waals surface area contributed by atoms with Crippen LogP contribution in [0.3, 0.4) is 0 Å². The van der Waals surface area contributed by atoms with Crippen molar-refractivity contribution in [2.45, 2.75) is 0 Å². The monoisotopic (exact) mass is 317 g/mol. The van der Waals surface area contributed by atoms with Crippen LogP contribution in [0.1, 0.15) is 0 Å². The van der Waals surface area contributed by atoms with Crippen molar-refractivity contribution in [2.24, 2.45) is 7.05 Å². The highest BCUT2D eigenvalue weighted by molar-refractivity contribution is 5.88. The smallest absolute Gasteiger partial charge is 0.163 e. The fourth-order valence-electron chi connectivity index (χ4n) is 2.43. The molecule has 0 aliphatic carbocycles. The summed E-state index contributed by atoms with van der Waals surface area (Å²) in [6, 6.07) is 17.4. The van der Waals surface area contributed by atoms with Crippen molar-refractivity contribution < 1.29 is 4.74 Å². The third-order valence-electron chi connectivity index (χ3n) is 3.63. The maximum atomic E-state index is 5.79. The largest absolute Gasteiger partial charge is 0.457 e. The van der Waals surface area contributed by atoms with Crippen LogP contribution in [0, 0.1) is 0 Å². The van der Waals surface area contributed by atoms with Gasteiger partial charge < -0.3 is 10.1 Å². The SMILES string of the molecule is Cn1ncc2c(Nc3ccc(Oc4ccccc4)cc3)ncnc21. The van der Waals surface area contributed by atoms with Crippen LogP contribution in [-0.2, 0) is 7.05 Å². The molecular weight excluding hydrogens is 302 g/mol. The van der Waals surface area contributed by atoms with Crippen molar-refractivity contribution in [3.05, 3.63) is 67.1 Å². The quantitative estimate of drug-likeness (QED) is 0.618. The zero-order valence-corrected chi connectivity index (χ0v) is 13.0. The van der Waals surface area contributed by atoms with Crippen LogP contribution in [0.5, 0.6) is 11.5 Å². The van der Waals surface area contributed by atoms with Crippen molar-refractivity contribution in [3.63, 3.8) is 0 Å². The number of hydrogen-bond acceptors (Lipinski definition) is 5. The van der Waals surface area contributed by atoms with Crippen LogP contribution in [-0.4, -0.2) is 19.7 Å². The van der Waals surface area contributed by atoms with Gasteiger partial charge in [0.1, 0.15) is 23.6 Å². The standard InChI is InChI=1S/C18H15N5O/c1-23-18-16(11-21-23)17(19-12-20-18)22-13-7-9-15(10-8-13)24-14-5-3-2-4-6-14/h2-12H,1H3,(H,19,20,22). The van der Waals surface area contributed by atoms with E-state index in [0.717, 1.165) is 34.0 Å². The molecule has 0 saturated carbocycles. The molecule has 6 nitrogen and oxygen atoms in total. The molecule has 0 aliphatic rings. The van der Waals surface area contributed by atoms with Gasteiger partial charge in [0, 0.05) is 12.7 Å². The Morgan fingerprint density at radius 3 is 2.46 bits per heavy atom. The molecule has 2 heterocycles. The van der Waals surface area contributed by atoms with Crippen LogP contribution in [0.25, 0.3) is 11.0 Å². The van der Waals surface area contributed by atoms with Gasteiger partial charge >= 0.3 is 0 Å². The van der Waals surface area contributed by atoms with E-state index in [1.54, 1.807) is 10.9 Å². The van der Waals surface area contributed by atoms with Gasteiger partial charge in [-0.05, 0) is 36.4 Å². The van der Waals surface area contributed by atoms with E-state index in [1.807, 2.05) is 61.6 Å². The van der Waals surface area contributed by atoms with Crippen molar-refractivity contribution >= 4 is 22.5 Å². The molecule has 0 saturated heterocycles. The predicted molar refractivity (Wildman–Crippen MR) is 92.5 cm³/mol. The molecule has 0 bridgehead atoms. The molecule has 2 aromatic carbocycles. The van der Waals surface area contributed by atoms with E-state index in [9.17, 15) is 0 Å². The van der Waals surface area contributed by atoms with Crippen LogP contribution >= 0.6 is 0 Å². The molecule has 118 valence electrons. The summed E-state index contributed by atoms with van der Waals surface area (Å²) in [5.41, 5.74) is 1.70. The molecule has 2 aromatic heterocycles. The third kappa shape index (κ3) is 2.77. The lowest BCUT2D eigenvalue weighted by atomic mass is 10.3. The first-order chi connectivity index (χ1) is 11.8. The summed E-state index contributed by atoms with van der Waals surface area (Å²) in [5.74, 6) is 2.32. The number of ether oxygens (including phenoxy) is 1. The summed E-state index contributed by atoms with van der Waals surface area (Å²) >= 11 is 0. The van der Waals surface area contributed by atoms with E-state index in [1.165, 1.54) is 6.33 Å². The van der Waals surface area contributed by atoms with E-state index < -0.39 is 0 Å². The van der Waals surface area contributed by atoms with Crippen molar-refractivity contribution in [2.75, 3.05) is 5.32 Å². The summed E-state index contributed by atoms with van der Waals surface area (Å²) in [4.78, 5) is 8.53. The molecule has 24 heavy (non-hydrogen) atoms. The summed E-state index contributed by atoms with van der Waals surface area (Å²) < 4.78 is 7.51. The van der Waals surface area contributed by atoms with Gasteiger partial charge in [0.05, 0.1) is 11.6 Å². The Balaban J connectivity index is 1.55. The van der Waals surface area contributed by atoms with E-state index in [-0.39, 0.29) is 0 Å². The van der Waals surface area contributed by atoms with Gasteiger partial charge in [0.2, 0.25) is 0 Å². The molecule has 0 radical (unpaired) electrons. The van der Waals surface area contributed by atoms with E-state index in [0.29, 0.717) is 0 Å². The average Bonchev–Trinajstić information content (AvgIpc) is 3.00. The van der Waals surface area contributed by atoms with Crippen LogP contribution in [0.15, 0.2) is 67.1 Å². The lowest BCUT2D eigenvalue weighted by Crippen LogP contribution is -1.97. The van der Waals surface area contributed by atoms with E-state index in [2.05, 4.69) is 20.4 Å². The Morgan fingerprint density at radius 1 is 0.917 bits per heavy atom. The summed E-state index contributed by atoms with van der Waals surface area (Å²) in [6.45, 7) is 0. The lowest BCUT2D eigenvalue weighted by molar-refractivity contribution is 0.483. The number of aromatic nitrogens is 4. The predicted octanol–water partition coefficient (Wildman–Crippen LogP) is 3.90. The first kappa shape index (κ1) is 14.2. The summed E-state index contributed by atoms with van der Waals surface area (Å²) in [5, 5.41) is 8.38. The van der Waals surface area contributed by atoms with Crippen LogP contribution in [0.4, 0.5) is 11.5 Å². The Kier molecular flexibility index (Phi) is 3.55. The normalized spacial score (nSPS) is 10.7. The second kappa shape index (κ2) is 6.00. The fourth-order valence-corrected chi connectivity index (χ4v) is 2.43. The molecule has 0 amide bonds. The number of rotatable bonds is 4. The zero-order valence-electron chi connectivity index (χ0n) is 13.0. The Hall–Kier alpha value is -3.41. The first-order valence-electron chi connectivity index (χ1n) is 7.52. The minimum atomic E-state index is 0.727. The van der Waals surface area contributed by atoms with Crippen LogP contribution in [0.2, 0.25) is 0 Å². The highest BCUT2D eigenvalue weighted by atomic mass is 16.5. The van der Waals surface area contributed by atoms with Gasteiger partial charge in [-0.25, -0.2) is 9.97 Å². The maximum Gasteiger partial charge on any atom is 0.163 e. The average molecular weight is 317 g/mol. The van der Waals surface area contributed by atoms with Crippen molar-refractivity contribution in [1.82, 2.24) is 19.7 Å². The number of aryl methyl sites for hydroxylation is 1.